The van der Waals surface area contributed by atoms with Crippen LogP contribution < -0.4 is 4.74 Å². The third-order valence-corrected chi connectivity index (χ3v) is 5.52. The average Bonchev–Trinajstić information content (AvgIpc) is 3.37. The van der Waals surface area contributed by atoms with E-state index in [1.54, 1.807) is 12.0 Å². The highest BCUT2D eigenvalue weighted by molar-refractivity contribution is 5.97. The van der Waals surface area contributed by atoms with Crippen molar-refractivity contribution >= 4 is 11.8 Å². The molecule has 0 spiro atoms. The Bertz CT molecular complexity index is 707. The Kier molecular flexibility index (Phi) is 4.80. The number of amides is 2. The molecule has 1 aromatic rings. The summed E-state index contributed by atoms with van der Waals surface area (Å²) >= 11 is 0. The Morgan fingerprint density at radius 2 is 1.92 bits per heavy atom. The highest BCUT2D eigenvalue weighted by Crippen LogP contribution is 2.27. The van der Waals surface area contributed by atoms with Crippen LogP contribution in [0.5, 0.6) is 5.88 Å². The van der Waals surface area contributed by atoms with Gasteiger partial charge in [0.05, 0.1) is 7.11 Å². The number of methoxy groups -OCH3 is 1. The van der Waals surface area contributed by atoms with Gasteiger partial charge in [-0.05, 0) is 43.7 Å². The summed E-state index contributed by atoms with van der Waals surface area (Å²) in [6.07, 6.45) is 4.45. The van der Waals surface area contributed by atoms with Gasteiger partial charge in [0.25, 0.3) is 11.8 Å². The minimum Gasteiger partial charge on any atom is -0.480 e. The van der Waals surface area contributed by atoms with Gasteiger partial charge in [-0.25, -0.2) is 4.98 Å². The summed E-state index contributed by atoms with van der Waals surface area (Å²) in [4.78, 5) is 33.6. The molecule has 1 atom stereocenters. The number of fused-ring (bicyclic) bond motifs is 1. The van der Waals surface area contributed by atoms with Crippen LogP contribution in [0, 0.1) is 0 Å². The molecule has 2 fully saturated rings. The number of pyridine rings is 1. The van der Waals surface area contributed by atoms with Gasteiger partial charge in [-0.3, -0.25) is 9.59 Å². The quantitative estimate of drug-likeness (QED) is 0.806. The number of ether oxygens (including phenoxy) is 2. The molecule has 0 aromatic carbocycles. The maximum Gasteiger partial charge on any atom is 0.259 e. The van der Waals surface area contributed by atoms with Crippen molar-refractivity contribution in [3.63, 3.8) is 0 Å². The van der Waals surface area contributed by atoms with E-state index in [1.165, 1.54) is 0 Å². The van der Waals surface area contributed by atoms with E-state index in [0.717, 1.165) is 43.4 Å². The molecular weight excluding hydrogens is 334 g/mol. The van der Waals surface area contributed by atoms with E-state index in [9.17, 15) is 9.59 Å². The molecule has 0 saturated carbocycles. The third kappa shape index (κ3) is 3.16. The lowest BCUT2D eigenvalue weighted by atomic mass is 10.1. The van der Waals surface area contributed by atoms with Crippen LogP contribution in [0.4, 0.5) is 0 Å². The molecule has 4 rings (SSSR count). The zero-order valence-electron chi connectivity index (χ0n) is 15.2. The first-order valence-electron chi connectivity index (χ1n) is 9.44. The molecule has 0 bridgehead atoms. The molecule has 1 aromatic heterocycles. The average molecular weight is 359 g/mol. The normalized spacial score (nSPS) is 22.4. The number of hydrogen-bond acceptors (Lipinski definition) is 5. The van der Waals surface area contributed by atoms with E-state index in [-0.39, 0.29) is 17.9 Å². The Morgan fingerprint density at radius 1 is 1.15 bits per heavy atom. The van der Waals surface area contributed by atoms with E-state index in [4.69, 9.17) is 9.47 Å². The summed E-state index contributed by atoms with van der Waals surface area (Å²) in [6, 6.07) is 1.94. The Morgan fingerprint density at radius 3 is 2.62 bits per heavy atom. The van der Waals surface area contributed by atoms with Gasteiger partial charge < -0.3 is 19.3 Å². The van der Waals surface area contributed by atoms with E-state index in [2.05, 4.69) is 4.98 Å². The fourth-order valence-corrected chi connectivity index (χ4v) is 4.04. The minimum absolute atomic E-state index is 0.0615. The van der Waals surface area contributed by atoms with Gasteiger partial charge in [0.2, 0.25) is 5.88 Å². The van der Waals surface area contributed by atoms with Crippen molar-refractivity contribution in [2.24, 2.45) is 0 Å². The second kappa shape index (κ2) is 7.23. The predicted molar refractivity (Wildman–Crippen MR) is 94.3 cm³/mol. The summed E-state index contributed by atoms with van der Waals surface area (Å²) in [5.74, 6) is 0.410. The number of aryl methyl sites for hydroxylation is 2. The summed E-state index contributed by atoms with van der Waals surface area (Å²) in [7, 11) is 1.55. The maximum atomic E-state index is 13.0. The van der Waals surface area contributed by atoms with Crippen LogP contribution in [-0.4, -0.2) is 72.6 Å². The Balaban J connectivity index is 1.43. The summed E-state index contributed by atoms with van der Waals surface area (Å²) < 4.78 is 10.9. The topological polar surface area (TPSA) is 72.0 Å². The lowest BCUT2D eigenvalue weighted by Gasteiger charge is -2.35. The van der Waals surface area contributed by atoms with Gasteiger partial charge >= 0.3 is 0 Å². The van der Waals surface area contributed by atoms with Crippen LogP contribution in [0.2, 0.25) is 0 Å². The molecule has 7 heteroatoms. The molecule has 2 amide bonds. The third-order valence-electron chi connectivity index (χ3n) is 5.52. The number of carbonyl (C=O) groups is 2. The lowest BCUT2D eigenvalue weighted by Crippen LogP contribution is -2.52. The first-order chi connectivity index (χ1) is 12.7. The predicted octanol–water partition coefficient (Wildman–Crippen LogP) is 1.04. The fraction of sp³-hybridized carbons (Fsp3) is 0.632. The number of hydrogen-bond donors (Lipinski definition) is 0. The van der Waals surface area contributed by atoms with Crippen molar-refractivity contribution in [3.05, 3.63) is 22.9 Å². The molecule has 0 radical (unpaired) electrons. The monoisotopic (exact) mass is 359 g/mol. The molecule has 2 saturated heterocycles. The molecule has 7 nitrogen and oxygen atoms in total. The number of rotatable bonds is 3. The summed E-state index contributed by atoms with van der Waals surface area (Å²) in [5, 5.41) is 0. The standard InChI is InChI=1S/C19H25N3O4/c1-25-17-14(12-13-4-2-5-15(13)20-17)18(23)21-7-9-22(10-8-21)19(24)16-6-3-11-26-16/h12,16H,2-11H2,1H3/t16-/m1/s1. The Hall–Kier alpha value is -2.15. The van der Waals surface area contributed by atoms with E-state index in [0.29, 0.717) is 44.2 Å². The minimum atomic E-state index is -0.293. The van der Waals surface area contributed by atoms with E-state index < -0.39 is 0 Å². The number of nitrogens with zero attached hydrogens (tertiary/aromatic N) is 3. The van der Waals surface area contributed by atoms with Gasteiger partial charge in [0.1, 0.15) is 11.7 Å². The number of carbonyl (C=O) groups excluding carboxylic acids is 2. The molecule has 3 heterocycles. The smallest absolute Gasteiger partial charge is 0.259 e. The Labute approximate surface area is 153 Å². The highest BCUT2D eigenvalue weighted by Gasteiger charge is 2.32. The molecule has 3 aliphatic rings. The molecule has 2 aliphatic heterocycles. The highest BCUT2D eigenvalue weighted by atomic mass is 16.5. The van der Waals surface area contributed by atoms with Crippen LogP contribution in [0.15, 0.2) is 6.07 Å². The van der Waals surface area contributed by atoms with Crippen LogP contribution >= 0.6 is 0 Å². The number of aromatic nitrogens is 1. The second-order valence-corrected chi connectivity index (χ2v) is 7.12. The largest absolute Gasteiger partial charge is 0.480 e. The lowest BCUT2D eigenvalue weighted by molar-refractivity contribution is -0.142. The van der Waals surface area contributed by atoms with Gasteiger partial charge in [-0.1, -0.05) is 0 Å². The van der Waals surface area contributed by atoms with Crippen LogP contribution in [-0.2, 0) is 22.4 Å². The van der Waals surface area contributed by atoms with Crippen molar-refractivity contribution in [1.29, 1.82) is 0 Å². The summed E-state index contributed by atoms with van der Waals surface area (Å²) in [6.45, 7) is 2.81. The number of piperazine rings is 1. The summed E-state index contributed by atoms with van der Waals surface area (Å²) in [5.41, 5.74) is 2.73. The van der Waals surface area contributed by atoms with Crippen LogP contribution in [0.25, 0.3) is 0 Å². The molecule has 1 aliphatic carbocycles. The SMILES string of the molecule is COc1nc2c(cc1C(=O)N1CCN(C(=O)[C@H]3CCCO3)CC1)CCC2. The molecular formula is C19H25N3O4. The molecule has 26 heavy (non-hydrogen) atoms. The van der Waals surface area contributed by atoms with Crippen molar-refractivity contribution in [2.45, 2.75) is 38.2 Å². The van der Waals surface area contributed by atoms with Gasteiger partial charge in [0.15, 0.2) is 0 Å². The molecule has 0 unspecified atom stereocenters. The van der Waals surface area contributed by atoms with Crippen LogP contribution in [0.3, 0.4) is 0 Å². The van der Waals surface area contributed by atoms with Gasteiger partial charge in [0, 0.05) is 38.5 Å². The van der Waals surface area contributed by atoms with Crippen molar-refractivity contribution in [1.82, 2.24) is 14.8 Å². The van der Waals surface area contributed by atoms with E-state index >= 15 is 0 Å². The first kappa shape index (κ1) is 17.3. The fourth-order valence-electron chi connectivity index (χ4n) is 4.04. The van der Waals surface area contributed by atoms with Crippen molar-refractivity contribution in [2.75, 3.05) is 39.9 Å². The molecule has 0 N–H and O–H groups in total. The zero-order valence-corrected chi connectivity index (χ0v) is 15.2. The molecule has 140 valence electrons. The second-order valence-electron chi connectivity index (χ2n) is 7.12. The zero-order chi connectivity index (χ0) is 18.1. The van der Waals surface area contributed by atoms with Crippen molar-refractivity contribution < 1.29 is 19.1 Å². The van der Waals surface area contributed by atoms with Crippen LogP contribution in [0.1, 0.15) is 40.9 Å². The maximum absolute atomic E-state index is 13.0. The van der Waals surface area contributed by atoms with Crippen molar-refractivity contribution in [3.8, 4) is 5.88 Å². The first-order valence-corrected chi connectivity index (χ1v) is 9.44. The van der Waals surface area contributed by atoms with Gasteiger partial charge in [-0.15, -0.1) is 0 Å². The van der Waals surface area contributed by atoms with Gasteiger partial charge in [-0.2, -0.15) is 0 Å². The van der Waals surface area contributed by atoms with E-state index in [1.807, 2.05) is 11.0 Å².